The van der Waals surface area contributed by atoms with Crippen molar-refractivity contribution in [3.8, 4) is 11.4 Å². The SMILES string of the molecule is O=CNc1ccc(-c2noc(CCl)n2)cc1. The van der Waals surface area contributed by atoms with E-state index >= 15 is 0 Å². The number of anilines is 1. The van der Waals surface area contributed by atoms with E-state index < -0.39 is 0 Å². The smallest absolute Gasteiger partial charge is 0.241 e. The molecule has 0 saturated heterocycles. The van der Waals surface area contributed by atoms with Crippen LogP contribution in [0.5, 0.6) is 0 Å². The molecular formula is C10H8ClN3O2. The van der Waals surface area contributed by atoms with E-state index in [0.717, 1.165) is 5.56 Å². The van der Waals surface area contributed by atoms with Crippen LogP contribution in [0, 0.1) is 0 Å². The lowest BCUT2D eigenvalue weighted by molar-refractivity contribution is -0.105. The molecule has 6 heteroatoms. The average molecular weight is 238 g/mol. The second-order valence-electron chi connectivity index (χ2n) is 2.98. The molecule has 0 aliphatic heterocycles. The van der Waals surface area contributed by atoms with Gasteiger partial charge in [0.05, 0.1) is 0 Å². The Kier molecular flexibility index (Phi) is 3.16. The third-order valence-electron chi connectivity index (χ3n) is 1.95. The zero-order valence-corrected chi connectivity index (χ0v) is 8.94. The van der Waals surface area contributed by atoms with Crippen molar-refractivity contribution in [3.05, 3.63) is 30.2 Å². The molecule has 0 bridgehead atoms. The van der Waals surface area contributed by atoms with Gasteiger partial charge in [-0.15, -0.1) is 11.6 Å². The van der Waals surface area contributed by atoms with Gasteiger partial charge in [-0.1, -0.05) is 5.16 Å². The van der Waals surface area contributed by atoms with Crippen molar-refractivity contribution in [1.82, 2.24) is 10.1 Å². The topological polar surface area (TPSA) is 68.0 Å². The third-order valence-corrected chi connectivity index (χ3v) is 2.18. The molecule has 0 saturated carbocycles. The number of aromatic nitrogens is 2. The minimum Gasteiger partial charge on any atom is -0.338 e. The largest absolute Gasteiger partial charge is 0.338 e. The Morgan fingerprint density at radius 3 is 2.69 bits per heavy atom. The molecule has 2 aromatic rings. The molecule has 82 valence electrons. The first-order valence-electron chi connectivity index (χ1n) is 4.52. The van der Waals surface area contributed by atoms with Crippen molar-refractivity contribution in [3.63, 3.8) is 0 Å². The van der Waals surface area contributed by atoms with Crippen molar-refractivity contribution < 1.29 is 9.32 Å². The summed E-state index contributed by atoms with van der Waals surface area (Å²) in [6.45, 7) is 0. The standard InChI is InChI=1S/C10H8ClN3O2/c11-5-9-13-10(14-16-9)7-1-3-8(4-2-7)12-6-15/h1-4,6H,5H2,(H,12,15). The number of carbonyl (C=O) groups excluding carboxylic acids is 1. The fourth-order valence-corrected chi connectivity index (χ4v) is 1.32. The van der Waals surface area contributed by atoms with Gasteiger partial charge < -0.3 is 9.84 Å². The van der Waals surface area contributed by atoms with Gasteiger partial charge in [0, 0.05) is 11.3 Å². The molecule has 1 aromatic carbocycles. The normalized spacial score (nSPS) is 10.1. The monoisotopic (exact) mass is 237 g/mol. The fourth-order valence-electron chi connectivity index (χ4n) is 1.21. The van der Waals surface area contributed by atoms with Gasteiger partial charge in [0.15, 0.2) is 0 Å². The van der Waals surface area contributed by atoms with Crippen LogP contribution >= 0.6 is 11.6 Å². The van der Waals surface area contributed by atoms with Crippen LogP contribution in [0.3, 0.4) is 0 Å². The maximum absolute atomic E-state index is 10.2. The Morgan fingerprint density at radius 1 is 1.38 bits per heavy atom. The lowest BCUT2D eigenvalue weighted by Gasteiger charge is -1.98. The Balaban J connectivity index is 2.23. The van der Waals surface area contributed by atoms with E-state index in [0.29, 0.717) is 23.8 Å². The summed E-state index contributed by atoms with van der Waals surface area (Å²) in [6.07, 6.45) is 0.620. The molecular weight excluding hydrogens is 230 g/mol. The highest BCUT2D eigenvalue weighted by Crippen LogP contribution is 2.18. The highest BCUT2D eigenvalue weighted by atomic mass is 35.5. The van der Waals surface area contributed by atoms with Crippen molar-refractivity contribution in [1.29, 1.82) is 0 Å². The summed E-state index contributed by atoms with van der Waals surface area (Å²) in [5.41, 5.74) is 1.51. The summed E-state index contributed by atoms with van der Waals surface area (Å²) >= 11 is 5.55. The van der Waals surface area contributed by atoms with E-state index in [-0.39, 0.29) is 5.88 Å². The number of nitrogens with zero attached hydrogens (tertiary/aromatic N) is 2. The van der Waals surface area contributed by atoms with E-state index in [1.165, 1.54) is 0 Å². The average Bonchev–Trinajstić information content (AvgIpc) is 2.79. The van der Waals surface area contributed by atoms with E-state index in [2.05, 4.69) is 15.5 Å². The molecule has 1 heterocycles. The summed E-state index contributed by atoms with van der Waals surface area (Å²) in [5.74, 6) is 1.05. The Morgan fingerprint density at radius 2 is 2.12 bits per heavy atom. The van der Waals surface area contributed by atoms with E-state index in [1.807, 2.05) is 0 Å². The van der Waals surface area contributed by atoms with Gasteiger partial charge in [-0.3, -0.25) is 4.79 Å². The number of hydrogen-bond acceptors (Lipinski definition) is 4. The summed E-state index contributed by atoms with van der Waals surface area (Å²) < 4.78 is 4.88. The molecule has 1 aromatic heterocycles. The van der Waals surface area contributed by atoms with E-state index in [4.69, 9.17) is 16.1 Å². The van der Waals surface area contributed by atoms with Crippen LogP contribution in [-0.4, -0.2) is 16.6 Å². The summed E-state index contributed by atoms with van der Waals surface area (Å²) in [6, 6.07) is 7.07. The molecule has 0 unspecified atom stereocenters. The predicted octanol–water partition coefficient (Wildman–Crippen LogP) is 2.04. The molecule has 1 N–H and O–H groups in total. The zero-order valence-electron chi connectivity index (χ0n) is 8.18. The number of amides is 1. The van der Waals surface area contributed by atoms with Crippen LogP contribution in [0.1, 0.15) is 5.89 Å². The van der Waals surface area contributed by atoms with Gasteiger partial charge in [-0.2, -0.15) is 4.98 Å². The molecule has 0 atom stereocenters. The first-order chi connectivity index (χ1) is 7.83. The number of alkyl halides is 1. The maximum Gasteiger partial charge on any atom is 0.241 e. The third kappa shape index (κ3) is 2.20. The second-order valence-corrected chi connectivity index (χ2v) is 3.25. The molecule has 2 rings (SSSR count). The molecule has 0 aliphatic rings. The molecule has 0 radical (unpaired) electrons. The van der Waals surface area contributed by atoms with Crippen molar-refractivity contribution in [2.45, 2.75) is 5.88 Å². The maximum atomic E-state index is 10.2. The van der Waals surface area contributed by atoms with Crippen LogP contribution < -0.4 is 5.32 Å². The Bertz CT molecular complexity index is 481. The first kappa shape index (κ1) is 10.6. The summed E-state index contributed by atoms with van der Waals surface area (Å²) in [5, 5.41) is 6.31. The van der Waals surface area contributed by atoms with Gasteiger partial charge in [0.25, 0.3) is 0 Å². The van der Waals surface area contributed by atoms with Crippen LogP contribution in [0.15, 0.2) is 28.8 Å². The van der Waals surface area contributed by atoms with Gasteiger partial charge in [-0.05, 0) is 24.3 Å². The quantitative estimate of drug-likeness (QED) is 0.653. The van der Waals surface area contributed by atoms with Crippen LogP contribution in [0.4, 0.5) is 5.69 Å². The number of halogens is 1. The van der Waals surface area contributed by atoms with Crippen molar-refractivity contribution in [2.24, 2.45) is 0 Å². The zero-order chi connectivity index (χ0) is 11.4. The van der Waals surface area contributed by atoms with Crippen molar-refractivity contribution in [2.75, 3.05) is 5.32 Å². The number of rotatable bonds is 4. The minimum atomic E-state index is 0.192. The number of hydrogen-bond donors (Lipinski definition) is 1. The number of benzene rings is 1. The highest BCUT2D eigenvalue weighted by Gasteiger charge is 2.06. The lowest BCUT2D eigenvalue weighted by atomic mass is 10.2. The summed E-state index contributed by atoms with van der Waals surface area (Å²) in [4.78, 5) is 14.3. The van der Waals surface area contributed by atoms with Crippen LogP contribution in [0.2, 0.25) is 0 Å². The molecule has 0 spiro atoms. The minimum absolute atomic E-state index is 0.192. The Labute approximate surface area is 96.4 Å². The number of nitrogens with one attached hydrogen (secondary N) is 1. The fraction of sp³-hybridized carbons (Fsp3) is 0.100. The van der Waals surface area contributed by atoms with Gasteiger partial charge in [0.2, 0.25) is 18.1 Å². The molecule has 16 heavy (non-hydrogen) atoms. The van der Waals surface area contributed by atoms with Crippen LogP contribution in [-0.2, 0) is 10.7 Å². The van der Waals surface area contributed by atoms with Crippen LogP contribution in [0.25, 0.3) is 11.4 Å². The number of carbonyl (C=O) groups is 1. The summed E-state index contributed by atoms with van der Waals surface area (Å²) in [7, 11) is 0. The first-order valence-corrected chi connectivity index (χ1v) is 5.06. The molecule has 0 fully saturated rings. The molecule has 0 aliphatic carbocycles. The second kappa shape index (κ2) is 4.76. The molecule has 1 amide bonds. The van der Waals surface area contributed by atoms with Gasteiger partial charge >= 0.3 is 0 Å². The highest BCUT2D eigenvalue weighted by molar-refractivity contribution is 6.16. The van der Waals surface area contributed by atoms with Crippen molar-refractivity contribution >= 4 is 23.7 Å². The van der Waals surface area contributed by atoms with E-state index in [1.54, 1.807) is 24.3 Å². The van der Waals surface area contributed by atoms with Gasteiger partial charge in [0.1, 0.15) is 5.88 Å². The van der Waals surface area contributed by atoms with E-state index in [9.17, 15) is 4.79 Å². The Hall–Kier alpha value is -1.88. The lowest BCUT2D eigenvalue weighted by Crippen LogP contribution is -1.92. The molecule has 5 nitrogen and oxygen atoms in total. The predicted molar refractivity (Wildman–Crippen MR) is 59.0 cm³/mol. The van der Waals surface area contributed by atoms with Gasteiger partial charge in [-0.25, -0.2) is 0 Å².